The first kappa shape index (κ1) is 12.8. The lowest BCUT2D eigenvalue weighted by atomic mass is 10.2. The van der Waals surface area contributed by atoms with Crippen molar-refractivity contribution < 1.29 is 4.79 Å². The van der Waals surface area contributed by atoms with E-state index in [9.17, 15) is 4.79 Å². The lowest BCUT2D eigenvalue weighted by Gasteiger charge is -2.04. The lowest BCUT2D eigenvalue weighted by Crippen LogP contribution is -2.37. The molecule has 0 fully saturated rings. The van der Waals surface area contributed by atoms with Gasteiger partial charge in [0.2, 0.25) is 0 Å². The van der Waals surface area contributed by atoms with Gasteiger partial charge in [0.15, 0.2) is 5.96 Å². The molecule has 0 saturated heterocycles. The Morgan fingerprint density at radius 3 is 2.84 bits per heavy atom. The molecule has 6 nitrogen and oxygen atoms in total. The molecule has 1 heterocycles. The third kappa shape index (κ3) is 3.95. The van der Waals surface area contributed by atoms with Crippen LogP contribution in [0.15, 0.2) is 47.8 Å². The van der Waals surface area contributed by atoms with Gasteiger partial charge in [0.1, 0.15) is 0 Å². The summed E-state index contributed by atoms with van der Waals surface area (Å²) in [5.41, 5.74) is 7.17. The number of imidazole rings is 1. The topological polar surface area (TPSA) is 96.2 Å². The highest BCUT2D eigenvalue weighted by Crippen LogP contribution is 1.97. The van der Waals surface area contributed by atoms with Crippen molar-refractivity contribution in [3.8, 4) is 0 Å². The van der Waals surface area contributed by atoms with Crippen LogP contribution in [-0.4, -0.2) is 28.4 Å². The second-order valence-corrected chi connectivity index (χ2v) is 3.91. The molecule has 1 amide bonds. The summed E-state index contributed by atoms with van der Waals surface area (Å²) in [5.74, 6) is -0.142. The molecule has 19 heavy (non-hydrogen) atoms. The van der Waals surface area contributed by atoms with Crippen molar-refractivity contribution in [2.45, 2.75) is 6.42 Å². The SMILES string of the molecule is NC(=NCCc1cnc[nH]1)NC(=O)c1ccccc1. The molecule has 4 N–H and O–H groups in total. The summed E-state index contributed by atoms with van der Waals surface area (Å²) >= 11 is 0. The van der Waals surface area contributed by atoms with Crippen LogP contribution in [0.1, 0.15) is 16.1 Å². The third-order valence-corrected chi connectivity index (χ3v) is 2.50. The minimum absolute atomic E-state index is 0.119. The van der Waals surface area contributed by atoms with E-state index in [4.69, 9.17) is 5.73 Å². The van der Waals surface area contributed by atoms with Crippen LogP contribution in [0, 0.1) is 0 Å². The van der Waals surface area contributed by atoms with Gasteiger partial charge in [-0.25, -0.2) is 4.98 Å². The average molecular weight is 257 g/mol. The zero-order chi connectivity index (χ0) is 13.5. The Morgan fingerprint density at radius 2 is 2.16 bits per heavy atom. The molecule has 2 aromatic rings. The van der Waals surface area contributed by atoms with Gasteiger partial charge in [-0.1, -0.05) is 18.2 Å². The van der Waals surface area contributed by atoms with E-state index in [1.54, 1.807) is 36.8 Å². The number of carbonyl (C=O) groups excluding carboxylic acids is 1. The van der Waals surface area contributed by atoms with E-state index in [-0.39, 0.29) is 11.9 Å². The number of rotatable bonds is 4. The Kier molecular flexibility index (Phi) is 4.28. The highest BCUT2D eigenvalue weighted by atomic mass is 16.1. The van der Waals surface area contributed by atoms with E-state index in [1.165, 1.54) is 0 Å². The predicted molar refractivity (Wildman–Crippen MR) is 72.7 cm³/mol. The Bertz CT molecular complexity index is 548. The van der Waals surface area contributed by atoms with Gasteiger partial charge in [-0.3, -0.25) is 15.1 Å². The first-order valence-corrected chi connectivity index (χ1v) is 5.89. The fraction of sp³-hybridized carbons (Fsp3) is 0.154. The zero-order valence-corrected chi connectivity index (χ0v) is 10.3. The number of H-pyrrole nitrogens is 1. The van der Waals surface area contributed by atoms with Crippen LogP contribution < -0.4 is 11.1 Å². The molecule has 0 aliphatic heterocycles. The van der Waals surface area contributed by atoms with E-state index >= 15 is 0 Å². The number of nitrogens with two attached hydrogens (primary N) is 1. The fourth-order valence-corrected chi connectivity index (χ4v) is 1.54. The van der Waals surface area contributed by atoms with Gasteiger partial charge < -0.3 is 10.7 Å². The van der Waals surface area contributed by atoms with Crippen molar-refractivity contribution >= 4 is 11.9 Å². The number of carbonyl (C=O) groups is 1. The van der Waals surface area contributed by atoms with Gasteiger partial charge in [-0.2, -0.15) is 0 Å². The van der Waals surface area contributed by atoms with Crippen molar-refractivity contribution in [3.63, 3.8) is 0 Å². The normalized spacial score (nSPS) is 11.3. The Morgan fingerprint density at radius 1 is 1.37 bits per heavy atom. The number of nitrogens with zero attached hydrogens (tertiary/aromatic N) is 2. The van der Waals surface area contributed by atoms with Crippen molar-refractivity contribution in [3.05, 3.63) is 54.1 Å². The summed E-state index contributed by atoms with van der Waals surface area (Å²) in [6.45, 7) is 0.489. The van der Waals surface area contributed by atoms with Crippen LogP contribution in [-0.2, 0) is 6.42 Å². The van der Waals surface area contributed by atoms with E-state index in [2.05, 4.69) is 20.3 Å². The maximum Gasteiger partial charge on any atom is 0.257 e. The van der Waals surface area contributed by atoms with Gasteiger partial charge in [0, 0.05) is 30.4 Å². The Balaban J connectivity index is 1.83. The largest absolute Gasteiger partial charge is 0.370 e. The second-order valence-electron chi connectivity index (χ2n) is 3.91. The molecule has 0 unspecified atom stereocenters. The van der Waals surface area contributed by atoms with Crippen LogP contribution in [0.5, 0.6) is 0 Å². The fourth-order valence-electron chi connectivity index (χ4n) is 1.54. The maximum absolute atomic E-state index is 11.8. The summed E-state index contributed by atoms with van der Waals surface area (Å²) in [6.07, 6.45) is 4.04. The smallest absolute Gasteiger partial charge is 0.257 e. The molecule has 1 aromatic carbocycles. The maximum atomic E-state index is 11.8. The van der Waals surface area contributed by atoms with Crippen molar-refractivity contribution in [1.29, 1.82) is 0 Å². The molecule has 0 saturated carbocycles. The van der Waals surface area contributed by atoms with E-state index in [0.29, 0.717) is 18.5 Å². The van der Waals surface area contributed by atoms with Crippen LogP contribution in [0.4, 0.5) is 0 Å². The van der Waals surface area contributed by atoms with Gasteiger partial charge in [0.05, 0.1) is 6.33 Å². The number of guanidine groups is 1. The van der Waals surface area contributed by atoms with Gasteiger partial charge >= 0.3 is 0 Å². The quantitative estimate of drug-likeness (QED) is 0.555. The van der Waals surface area contributed by atoms with Crippen LogP contribution in [0.3, 0.4) is 0 Å². The molecule has 0 spiro atoms. The molecule has 0 radical (unpaired) electrons. The standard InChI is InChI=1S/C13H15N5O/c14-13(16-7-6-11-8-15-9-17-11)18-12(19)10-4-2-1-3-5-10/h1-5,8-9H,6-7H2,(H,15,17)(H3,14,16,18,19). The molecule has 2 rings (SSSR count). The molecule has 98 valence electrons. The number of benzene rings is 1. The van der Waals surface area contributed by atoms with E-state index < -0.39 is 0 Å². The predicted octanol–water partition coefficient (Wildman–Crippen LogP) is 0.697. The number of aromatic amines is 1. The Hall–Kier alpha value is -2.63. The molecular weight excluding hydrogens is 242 g/mol. The summed E-state index contributed by atoms with van der Waals surface area (Å²) in [6, 6.07) is 8.86. The summed E-state index contributed by atoms with van der Waals surface area (Å²) in [7, 11) is 0. The monoisotopic (exact) mass is 257 g/mol. The minimum Gasteiger partial charge on any atom is -0.370 e. The first-order valence-electron chi connectivity index (χ1n) is 5.89. The molecule has 0 bridgehead atoms. The highest BCUT2D eigenvalue weighted by Gasteiger charge is 2.05. The molecular formula is C13H15N5O. The molecule has 6 heteroatoms. The van der Waals surface area contributed by atoms with E-state index in [0.717, 1.165) is 5.69 Å². The molecule has 1 aromatic heterocycles. The minimum atomic E-state index is -0.261. The molecule has 0 atom stereocenters. The molecule has 0 aliphatic rings. The number of hydrogen-bond donors (Lipinski definition) is 3. The Labute approximate surface area is 110 Å². The number of aromatic nitrogens is 2. The van der Waals surface area contributed by atoms with Gasteiger partial charge in [-0.15, -0.1) is 0 Å². The van der Waals surface area contributed by atoms with Crippen molar-refractivity contribution in [2.75, 3.05) is 6.54 Å². The third-order valence-electron chi connectivity index (χ3n) is 2.50. The zero-order valence-electron chi connectivity index (χ0n) is 10.3. The lowest BCUT2D eigenvalue weighted by molar-refractivity contribution is 0.0976. The number of aliphatic imine (C=N–C) groups is 1. The average Bonchev–Trinajstić information content (AvgIpc) is 2.93. The molecule has 0 aliphatic carbocycles. The second kappa shape index (κ2) is 6.34. The van der Waals surface area contributed by atoms with Crippen LogP contribution in [0.25, 0.3) is 0 Å². The van der Waals surface area contributed by atoms with Crippen molar-refractivity contribution in [2.24, 2.45) is 10.7 Å². The van der Waals surface area contributed by atoms with Gasteiger partial charge in [0.25, 0.3) is 5.91 Å². The number of nitrogens with one attached hydrogen (secondary N) is 2. The summed E-state index contributed by atoms with van der Waals surface area (Å²) in [5, 5.41) is 2.54. The highest BCUT2D eigenvalue weighted by molar-refractivity contribution is 6.05. The summed E-state index contributed by atoms with van der Waals surface area (Å²) in [4.78, 5) is 22.7. The number of hydrogen-bond acceptors (Lipinski definition) is 3. The number of amides is 1. The van der Waals surface area contributed by atoms with E-state index in [1.807, 2.05) is 6.07 Å². The van der Waals surface area contributed by atoms with Crippen LogP contribution >= 0.6 is 0 Å². The van der Waals surface area contributed by atoms with Crippen LogP contribution in [0.2, 0.25) is 0 Å². The van der Waals surface area contributed by atoms with Gasteiger partial charge in [-0.05, 0) is 12.1 Å². The van der Waals surface area contributed by atoms with Crippen molar-refractivity contribution in [1.82, 2.24) is 15.3 Å². The summed E-state index contributed by atoms with van der Waals surface area (Å²) < 4.78 is 0. The first-order chi connectivity index (χ1) is 9.25.